The summed E-state index contributed by atoms with van der Waals surface area (Å²) in [6.45, 7) is 3.67. The summed E-state index contributed by atoms with van der Waals surface area (Å²) < 4.78 is 3.54. The summed E-state index contributed by atoms with van der Waals surface area (Å²) in [6.07, 6.45) is 5.16. The van der Waals surface area contributed by atoms with Crippen molar-refractivity contribution in [1.29, 1.82) is 0 Å². The summed E-state index contributed by atoms with van der Waals surface area (Å²) in [7, 11) is 0. The molecule has 2 aliphatic heterocycles. The molecule has 1 saturated heterocycles. The van der Waals surface area contributed by atoms with Crippen LogP contribution in [0.2, 0.25) is 5.02 Å². The zero-order valence-corrected chi connectivity index (χ0v) is 15.2. The van der Waals surface area contributed by atoms with Crippen molar-refractivity contribution in [3.63, 3.8) is 0 Å². The third kappa shape index (κ3) is 3.41. The normalized spacial score (nSPS) is 21.3. The van der Waals surface area contributed by atoms with E-state index in [4.69, 9.17) is 11.6 Å². The van der Waals surface area contributed by atoms with E-state index >= 15 is 0 Å². The molecule has 4 heterocycles. The van der Waals surface area contributed by atoms with Crippen LogP contribution in [-0.4, -0.2) is 39.9 Å². The Bertz CT molecular complexity index is 875. The molecule has 4 rings (SSSR count). The Morgan fingerprint density at radius 3 is 3.08 bits per heavy atom. The highest BCUT2D eigenvalue weighted by molar-refractivity contribution is 6.30. The molecule has 1 fully saturated rings. The molecular weight excluding hydrogens is 354 g/mol. The first-order valence-corrected chi connectivity index (χ1v) is 9.40. The quantitative estimate of drug-likeness (QED) is 0.770. The molecule has 0 unspecified atom stereocenters. The number of hydrogen-bond acceptors (Lipinski definition) is 4. The van der Waals surface area contributed by atoms with Crippen LogP contribution < -0.4 is 16.2 Å². The fraction of sp³-hybridized carbons (Fsp3) is 0.500. The number of fused-ring (bicyclic) bond motifs is 4. The van der Waals surface area contributed by atoms with Gasteiger partial charge in [0.15, 0.2) is 0 Å². The molecule has 0 aliphatic carbocycles. The number of aromatic nitrogens is 3. The number of rotatable bonds is 5. The number of aryl methyl sites for hydroxylation is 1. The molecule has 138 valence electrons. The SMILES string of the molecule is O=C(NCCCn1cc(Cl)cn1)c1ccc2n(c1=O)C[C@@H]1CNC[C@H]2C1. The van der Waals surface area contributed by atoms with Gasteiger partial charge in [0.25, 0.3) is 11.5 Å². The Hall–Kier alpha value is -2.12. The van der Waals surface area contributed by atoms with Gasteiger partial charge in [0.2, 0.25) is 0 Å². The van der Waals surface area contributed by atoms with Gasteiger partial charge in [-0.25, -0.2) is 0 Å². The molecule has 2 N–H and O–H groups in total. The summed E-state index contributed by atoms with van der Waals surface area (Å²) in [6, 6.07) is 3.61. The highest BCUT2D eigenvalue weighted by Gasteiger charge is 2.31. The fourth-order valence-corrected chi connectivity index (χ4v) is 4.12. The van der Waals surface area contributed by atoms with E-state index in [1.54, 1.807) is 27.7 Å². The number of piperidine rings is 1. The molecular formula is C18H22ClN5O2. The van der Waals surface area contributed by atoms with Gasteiger partial charge in [-0.1, -0.05) is 11.6 Å². The number of pyridine rings is 1. The highest BCUT2D eigenvalue weighted by atomic mass is 35.5. The van der Waals surface area contributed by atoms with Crippen molar-refractivity contribution >= 4 is 17.5 Å². The molecule has 0 spiro atoms. The summed E-state index contributed by atoms with van der Waals surface area (Å²) in [5.74, 6) is 0.531. The number of nitrogens with zero attached hydrogens (tertiary/aromatic N) is 3. The molecule has 8 heteroatoms. The molecule has 2 atom stereocenters. The third-order valence-corrected chi connectivity index (χ3v) is 5.40. The van der Waals surface area contributed by atoms with Gasteiger partial charge in [0.05, 0.1) is 11.2 Å². The fourth-order valence-electron chi connectivity index (χ4n) is 3.96. The van der Waals surface area contributed by atoms with E-state index in [1.165, 1.54) is 0 Å². The Labute approximate surface area is 156 Å². The Morgan fingerprint density at radius 1 is 1.38 bits per heavy atom. The van der Waals surface area contributed by atoms with Crippen LogP contribution in [0.4, 0.5) is 0 Å². The second-order valence-corrected chi connectivity index (χ2v) is 7.51. The monoisotopic (exact) mass is 375 g/mol. The molecule has 2 aliphatic rings. The minimum atomic E-state index is -0.308. The maximum Gasteiger partial charge on any atom is 0.263 e. The Kier molecular flexibility index (Phi) is 4.82. The minimum absolute atomic E-state index is 0.171. The highest BCUT2D eigenvalue weighted by Crippen LogP contribution is 2.31. The lowest BCUT2D eigenvalue weighted by molar-refractivity contribution is 0.0949. The van der Waals surface area contributed by atoms with Gasteiger partial charge in [0.1, 0.15) is 5.56 Å². The maximum absolute atomic E-state index is 12.8. The van der Waals surface area contributed by atoms with Crippen LogP contribution >= 0.6 is 11.6 Å². The summed E-state index contributed by atoms with van der Waals surface area (Å²) in [4.78, 5) is 25.2. The van der Waals surface area contributed by atoms with Gasteiger partial charge in [-0.2, -0.15) is 5.10 Å². The Morgan fingerprint density at radius 2 is 2.27 bits per heavy atom. The average molecular weight is 376 g/mol. The predicted octanol–water partition coefficient (Wildman–Crippen LogP) is 1.22. The average Bonchev–Trinajstić information content (AvgIpc) is 3.05. The van der Waals surface area contributed by atoms with Crippen LogP contribution in [0, 0.1) is 5.92 Å². The van der Waals surface area contributed by atoms with Crippen molar-refractivity contribution in [3.05, 3.63) is 51.2 Å². The van der Waals surface area contributed by atoms with Crippen molar-refractivity contribution in [2.45, 2.75) is 31.8 Å². The van der Waals surface area contributed by atoms with E-state index in [-0.39, 0.29) is 17.0 Å². The zero-order valence-electron chi connectivity index (χ0n) is 14.4. The number of halogens is 1. The predicted molar refractivity (Wildman–Crippen MR) is 98.6 cm³/mol. The van der Waals surface area contributed by atoms with E-state index < -0.39 is 0 Å². The lowest BCUT2D eigenvalue weighted by atomic mass is 9.84. The van der Waals surface area contributed by atoms with Gasteiger partial charge in [-0.05, 0) is 37.4 Å². The molecule has 26 heavy (non-hydrogen) atoms. The van der Waals surface area contributed by atoms with Crippen molar-refractivity contribution in [2.24, 2.45) is 5.92 Å². The summed E-state index contributed by atoms with van der Waals surface area (Å²) >= 11 is 5.82. The van der Waals surface area contributed by atoms with Gasteiger partial charge in [0, 0.05) is 44.0 Å². The summed E-state index contributed by atoms with van der Waals surface area (Å²) in [5, 5.41) is 10.9. The number of carbonyl (C=O) groups excluding carboxylic acids is 1. The number of amides is 1. The minimum Gasteiger partial charge on any atom is -0.352 e. The van der Waals surface area contributed by atoms with Crippen molar-refractivity contribution in [3.8, 4) is 0 Å². The molecule has 2 aromatic rings. The van der Waals surface area contributed by atoms with Crippen LogP contribution in [0.5, 0.6) is 0 Å². The largest absolute Gasteiger partial charge is 0.352 e. The number of nitrogens with one attached hydrogen (secondary N) is 2. The van der Waals surface area contributed by atoms with E-state index in [9.17, 15) is 9.59 Å². The maximum atomic E-state index is 12.8. The van der Waals surface area contributed by atoms with E-state index in [0.717, 1.165) is 25.2 Å². The van der Waals surface area contributed by atoms with Crippen LogP contribution in [0.15, 0.2) is 29.3 Å². The van der Waals surface area contributed by atoms with E-state index in [1.807, 2.05) is 6.07 Å². The van der Waals surface area contributed by atoms with Crippen molar-refractivity contribution in [2.75, 3.05) is 19.6 Å². The smallest absolute Gasteiger partial charge is 0.263 e. The van der Waals surface area contributed by atoms with Gasteiger partial charge >= 0.3 is 0 Å². The van der Waals surface area contributed by atoms with Crippen LogP contribution in [0.1, 0.15) is 34.8 Å². The third-order valence-electron chi connectivity index (χ3n) is 5.20. The molecule has 7 nitrogen and oxygen atoms in total. The summed E-state index contributed by atoms with van der Waals surface area (Å²) in [5.41, 5.74) is 1.10. The Balaban J connectivity index is 1.40. The zero-order chi connectivity index (χ0) is 18.1. The van der Waals surface area contributed by atoms with Gasteiger partial charge < -0.3 is 15.2 Å². The van der Waals surface area contributed by atoms with Crippen LogP contribution in [0.25, 0.3) is 0 Å². The molecule has 0 aromatic carbocycles. The standard InChI is InChI=1S/C18H22ClN5O2/c19-14-9-22-23(11-14)5-1-4-21-17(25)15-2-3-16-13-6-12(7-20-8-13)10-24(16)18(15)26/h2-3,9,11-13,20H,1,4-8,10H2,(H,21,25)/t12-,13+/m0/s1. The second-order valence-electron chi connectivity index (χ2n) is 7.08. The van der Waals surface area contributed by atoms with Crippen molar-refractivity contribution < 1.29 is 4.79 Å². The lowest BCUT2D eigenvalue weighted by Gasteiger charge is -2.37. The second kappa shape index (κ2) is 7.25. The van der Waals surface area contributed by atoms with E-state index in [2.05, 4.69) is 15.7 Å². The first kappa shape index (κ1) is 17.3. The lowest BCUT2D eigenvalue weighted by Crippen LogP contribution is -2.46. The number of hydrogen-bond donors (Lipinski definition) is 2. The van der Waals surface area contributed by atoms with Crippen molar-refractivity contribution in [1.82, 2.24) is 25.0 Å². The first-order chi connectivity index (χ1) is 12.6. The molecule has 2 bridgehead atoms. The number of carbonyl (C=O) groups is 1. The van der Waals surface area contributed by atoms with Gasteiger partial charge in [-0.3, -0.25) is 14.3 Å². The molecule has 0 saturated carbocycles. The van der Waals surface area contributed by atoms with Crippen LogP contribution in [-0.2, 0) is 13.1 Å². The molecule has 1 amide bonds. The first-order valence-electron chi connectivity index (χ1n) is 9.02. The van der Waals surface area contributed by atoms with Crippen LogP contribution in [0.3, 0.4) is 0 Å². The topological polar surface area (TPSA) is 81.0 Å². The van der Waals surface area contributed by atoms with E-state index in [0.29, 0.717) is 42.9 Å². The van der Waals surface area contributed by atoms with Gasteiger partial charge in [-0.15, -0.1) is 0 Å². The molecule has 2 aromatic heterocycles. The molecule has 0 radical (unpaired) electrons.